The molecule has 132 valence electrons. The predicted octanol–water partition coefficient (Wildman–Crippen LogP) is 3.11. The van der Waals surface area contributed by atoms with Gasteiger partial charge in [0.25, 0.3) is 5.56 Å². The van der Waals surface area contributed by atoms with Gasteiger partial charge in [-0.1, -0.05) is 32.0 Å². The summed E-state index contributed by atoms with van der Waals surface area (Å²) < 4.78 is 3.55. The van der Waals surface area contributed by atoms with Gasteiger partial charge in [0.2, 0.25) is 0 Å². The van der Waals surface area contributed by atoms with Crippen LogP contribution in [0.4, 0.5) is 0 Å². The van der Waals surface area contributed by atoms with E-state index in [-0.39, 0.29) is 12.2 Å². The minimum Gasteiger partial charge on any atom is -0.392 e. The molecule has 25 heavy (non-hydrogen) atoms. The molecule has 2 heterocycles. The third kappa shape index (κ3) is 3.12. The van der Waals surface area contributed by atoms with Crippen LogP contribution in [0.15, 0.2) is 35.3 Å². The van der Waals surface area contributed by atoms with E-state index < -0.39 is 0 Å². The van der Waals surface area contributed by atoms with Gasteiger partial charge < -0.3 is 9.67 Å². The standard InChI is InChI=1S/C20H25N3O2/c1-5-23-11-16-17(9-13(2)3)21-22(4)20(25)18(16)19(23)15-8-6-7-14(10-15)12-24/h6-8,10-11,13,24H,5,9,12H2,1-4H3. The number of aromatic nitrogens is 3. The Morgan fingerprint density at radius 1 is 1.28 bits per heavy atom. The highest BCUT2D eigenvalue weighted by molar-refractivity contribution is 5.96. The quantitative estimate of drug-likeness (QED) is 0.777. The van der Waals surface area contributed by atoms with Crippen LogP contribution in [0.1, 0.15) is 32.0 Å². The van der Waals surface area contributed by atoms with Crippen LogP contribution in [-0.2, 0) is 26.6 Å². The summed E-state index contributed by atoms with van der Waals surface area (Å²) in [6.45, 7) is 7.12. The summed E-state index contributed by atoms with van der Waals surface area (Å²) in [7, 11) is 1.71. The van der Waals surface area contributed by atoms with E-state index in [4.69, 9.17) is 0 Å². The SMILES string of the molecule is CCn1cc2c(CC(C)C)nn(C)c(=O)c2c1-c1cccc(CO)c1. The Bertz CT molecular complexity index is 967. The van der Waals surface area contributed by atoms with Gasteiger partial charge in [0.05, 0.1) is 23.4 Å². The van der Waals surface area contributed by atoms with Gasteiger partial charge >= 0.3 is 0 Å². The number of benzene rings is 1. The Morgan fingerprint density at radius 3 is 2.68 bits per heavy atom. The molecule has 0 amide bonds. The van der Waals surface area contributed by atoms with Gasteiger partial charge in [0, 0.05) is 25.2 Å². The molecule has 0 saturated heterocycles. The molecule has 0 saturated carbocycles. The maximum Gasteiger partial charge on any atom is 0.276 e. The molecule has 1 aromatic carbocycles. The van der Waals surface area contributed by atoms with Crippen molar-refractivity contribution in [3.8, 4) is 11.3 Å². The zero-order valence-corrected chi connectivity index (χ0v) is 15.3. The Morgan fingerprint density at radius 2 is 2.04 bits per heavy atom. The smallest absolute Gasteiger partial charge is 0.276 e. The van der Waals surface area contributed by atoms with Gasteiger partial charge in [0.15, 0.2) is 0 Å². The molecule has 3 aromatic rings. The summed E-state index contributed by atoms with van der Waals surface area (Å²) in [5, 5.41) is 15.6. The number of aliphatic hydroxyl groups is 1. The van der Waals surface area contributed by atoms with E-state index in [2.05, 4.69) is 30.4 Å². The van der Waals surface area contributed by atoms with E-state index in [0.717, 1.165) is 40.9 Å². The van der Waals surface area contributed by atoms with Crippen molar-refractivity contribution < 1.29 is 5.11 Å². The first-order valence-corrected chi connectivity index (χ1v) is 8.75. The van der Waals surface area contributed by atoms with E-state index in [1.165, 1.54) is 4.68 Å². The molecular weight excluding hydrogens is 314 g/mol. The third-order valence-electron chi connectivity index (χ3n) is 4.49. The monoisotopic (exact) mass is 339 g/mol. The first-order valence-electron chi connectivity index (χ1n) is 8.75. The van der Waals surface area contributed by atoms with Gasteiger partial charge in [-0.15, -0.1) is 0 Å². The number of aliphatic hydroxyl groups excluding tert-OH is 1. The molecule has 0 bridgehead atoms. The van der Waals surface area contributed by atoms with Crippen molar-refractivity contribution in [1.82, 2.24) is 14.3 Å². The zero-order chi connectivity index (χ0) is 18.1. The highest BCUT2D eigenvalue weighted by Crippen LogP contribution is 2.31. The second-order valence-electron chi connectivity index (χ2n) is 6.88. The normalized spacial score (nSPS) is 11.6. The maximum absolute atomic E-state index is 12.9. The van der Waals surface area contributed by atoms with Crippen LogP contribution in [0.2, 0.25) is 0 Å². The third-order valence-corrected chi connectivity index (χ3v) is 4.49. The minimum atomic E-state index is -0.0842. The molecule has 0 atom stereocenters. The van der Waals surface area contributed by atoms with Gasteiger partial charge in [-0.2, -0.15) is 5.10 Å². The molecule has 0 aliphatic heterocycles. The van der Waals surface area contributed by atoms with E-state index >= 15 is 0 Å². The lowest BCUT2D eigenvalue weighted by Crippen LogP contribution is -2.22. The number of fused-ring (bicyclic) bond motifs is 1. The maximum atomic E-state index is 12.9. The van der Waals surface area contributed by atoms with Crippen LogP contribution in [0.5, 0.6) is 0 Å². The second kappa shape index (κ2) is 6.84. The van der Waals surface area contributed by atoms with Crippen molar-refractivity contribution in [3.05, 3.63) is 52.1 Å². The Balaban J connectivity index is 2.38. The van der Waals surface area contributed by atoms with Crippen LogP contribution < -0.4 is 5.56 Å². The van der Waals surface area contributed by atoms with Crippen molar-refractivity contribution in [2.24, 2.45) is 13.0 Å². The molecule has 0 aliphatic rings. The van der Waals surface area contributed by atoms with Gasteiger partial charge in [-0.25, -0.2) is 4.68 Å². The zero-order valence-electron chi connectivity index (χ0n) is 15.3. The first kappa shape index (κ1) is 17.4. The predicted molar refractivity (Wildman–Crippen MR) is 101 cm³/mol. The molecule has 0 aliphatic carbocycles. The lowest BCUT2D eigenvalue weighted by atomic mass is 10.0. The Kier molecular flexibility index (Phi) is 4.77. The fraction of sp³-hybridized carbons (Fsp3) is 0.400. The minimum absolute atomic E-state index is 0.0171. The molecule has 0 unspecified atom stereocenters. The van der Waals surface area contributed by atoms with E-state index in [0.29, 0.717) is 11.3 Å². The fourth-order valence-corrected chi connectivity index (χ4v) is 3.35. The molecule has 0 spiro atoms. The second-order valence-corrected chi connectivity index (χ2v) is 6.88. The van der Waals surface area contributed by atoms with Crippen molar-refractivity contribution in [2.45, 2.75) is 40.3 Å². The van der Waals surface area contributed by atoms with Crippen LogP contribution in [0, 0.1) is 5.92 Å². The Hall–Kier alpha value is -2.40. The highest BCUT2D eigenvalue weighted by atomic mass is 16.3. The summed E-state index contributed by atoms with van der Waals surface area (Å²) >= 11 is 0. The van der Waals surface area contributed by atoms with Crippen LogP contribution in [0.3, 0.4) is 0 Å². The molecule has 3 rings (SSSR count). The number of hydrogen-bond donors (Lipinski definition) is 1. The lowest BCUT2D eigenvalue weighted by Gasteiger charge is -2.10. The largest absolute Gasteiger partial charge is 0.392 e. The number of nitrogens with zero attached hydrogens (tertiary/aromatic N) is 3. The number of aryl methyl sites for hydroxylation is 2. The van der Waals surface area contributed by atoms with Crippen molar-refractivity contribution >= 4 is 10.8 Å². The van der Waals surface area contributed by atoms with Crippen LogP contribution in [-0.4, -0.2) is 19.5 Å². The lowest BCUT2D eigenvalue weighted by molar-refractivity contribution is 0.282. The Labute approximate surface area is 147 Å². The summed E-state index contributed by atoms with van der Waals surface area (Å²) in [4.78, 5) is 12.9. The van der Waals surface area contributed by atoms with E-state index in [1.807, 2.05) is 30.5 Å². The van der Waals surface area contributed by atoms with Crippen molar-refractivity contribution in [2.75, 3.05) is 0 Å². The summed E-state index contributed by atoms with van der Waals surface area (Å²) in [6, 6.07) is 7.74. The van der Waals surface area contributed by atoms with Crippen LogP contribution >= 0.6 is 0 Å². The van der Waals surface area contributed by atoms with Gasteiger partial charge in [-0.05, 0) is 36.5 Å². The van der Waals surface area contributed by atoms with Gasteiger partial charge in [-0.3, -0.25) is 4.79 Å². The first-order chi connectivity index (χ1) is 12.0. The molecule has 5 heteroatoms. The average molecular weight is 339 g/mol. The molecule has 0 radical (unpaired) electrons. The van der Waals surface area contributed by atoms with E-state index in [1.54, 1.807) is 7.05 Å². The average Bonchev–Trinajstić information content (AvgIpc) is 2.99. The molecule has 1 N–H and O–H groups in total. The highest BCUT2D eigenvalue weighted by Gasteiger charge is 2.19. The van der Waals surface area contributed by atoms with Crippen LogP contribution in [0.25, 0.3) is 22.0 Å². The number of hydrogen-bond acceptors (Lipinski definition) is 3. The summed E-state index contributed by atoms with van der Waals surface area (Å²) in [5.74, 6) is 0.458. The summed E-state index contributed by atoms with van der Waals surface area (Å²) in [5.41, 5.74) is 3.56. The molecule has 2 aromatic heterocycles. The van der Waals surface area contributed by atoms with Crippen molar-refractivity contribution in [3.63, 3.8) is 0 Å². The molecule has 0 fully saturated rings. The fourth-order valence-electron chi connectivity index (χ4n) is 3.35. The number of rotatable bonds is 5. The van der Waals surface area contributed by atoms with Gasteiger partial charge in [0.1, 0.15) is 0 Å². The van der Waals surface area contributed by atoms with E-state index in [9.17, 15) is 9.90 Å². The molecular formula is C20H25N3O2. The van der Waals surface area contributed by atoms with Crippen molar-refractivity contribution in [1.29, 1.82) is 0 Å². The topological polar surface area (TPSA) is 60.0 Å². The summed E-state index contributed by atoms with van der Waals surface area (Å²) in [6.07, 6.45) is 2.87. The molecule has 5 nitrogen and oxygen atoms in total.